The largest absolute Gasteiger partial charge is 0.396 e. The molecule has 2 rings (SSSR count). The van der Waals surface area contributed by atoms with Gasteiger partial charge in [-0.05, 0) is 18.6 Å². The first-order chi connectivity index (χ1) is 9.54. The van der Waals surface area contributed by atoms with E-state index in [4.69, 9.17) is 5.11 Å². The summed E-state index contributed by atoms with van der Waals surface area (Å²) in [6, 6.07) is 8.99. The summed E-state index contributed by atoms with van der Waals surface area (Å²) in [4.78, 5) is 4.20. The third kappa shape index (κ3) is 3.24. The van der Waals surface area contributed by atoms with Crippen molar-refractivity contribution in [3.05, 3.63) is 36.5 Å². The Hall–Kier alpha value is -1.70. The summed E-state index contributed by atoms with van der Waals surface area (Å²) >= 11 is 0. The monoisotopic (exact) mass is 295 g/mol. The smallest absolute Gasteiger partial charge is 0.301 e. The van der Waals surface area contributed by atoms with E-state index >= 15 is 0 Å². The van der Waals surface area contributed by atoms with Crippen LogP contribution in [0.15, 0.2) is 36.5 Å². The molecule has 0 unspecified atom stereocenters. The molecule has 1 heterocycles. The minimum atomic E-state index is -3.64. The molecule has 1 aromatic carbocycles. The maximum absolute atomic E-state index is 12.2. The molecule has 7 heteroatoms. The van der Waals surface area contributed by atoms with E-state index in [-0.39, 0.29) is 13.2 Å². The molecule has 2 N–H and O–H groups in total. The lowest BCUT2D eigenvalue weighted by molar-refractivity contribution is 0.276. The second-order valence-corrected chi connectivity index (χ2v) is 6.16. The van der Waals surface area contributed by atoms with Gasteiger partial charge in [0.25, 0.3) is 0 Å². The van der Waals surface area contributed by atoms with Crippen molar-refractivity contribution in [3.8, 4) is 0 Å². The van der Waals surface area contributed by atoms with E-state index in [1.54, 1.807) is 24.4 Å². The molecule has 0 fully saturated rings. The Kier molecular flexibility index (Phi) is 4.53. The second kappa shape index (κ2) is 6.17. The van der Waals surface area contributed by atoms with Crippen LogP contribution in [0.25, 0.3) is 10.9 Å². The highest BCUT2D eigenvalue weighted by atomic mass is 32.2. The fourth-order valence-electron chi connectivity index (χ4n) is 1.82. The Bertz CT molecular complexity index is 683. The summed E-state index contributed by atoms with van der Waals surface area (Å²) in [6.45, 7) is 0.208. The average Bonchev–Trinajstić information content (AvgIpc) is 2.44. The van der Waals surface area contributed by atoms with Crippen LogP contribution in [0, 0.1) is 0 Å². The lowest BCUT2D eigenvalue weighted by atomic mass is 10.2. The van der Waals surface area contributed by atoms with Gasteiger partial charge in [0.05, 0.1) is 11.2 Å². The van der Waals surface area contributed by atoms with Gasteiger partial charge in [0.1, 0.15) is 0 Å². The minimum absolute atomic E-state index is 0.0459. The Morgan fingerprint density at radius 1 is 1.30 bits per heavy atom. The van der Waals surface area contributed by atoms with Crippen LogP contribution in [0.1, 0.15) is 6.42 Å². The van der Waals surface area contributed by atoms with E-state index in [1.165, 1.54) is 11.4 Å². The number of hydrogen-bond donors (Lipinski definition) is 2. The van der Waals surface area contributed by atoms with Crippen molar-refractivity contribution in [1.29, 1.82) is 0 Å². The number of nitrogens with one attached hydrogen (secondary N) is 1. The number of aromatic nitrogens is 1. The quantitative estimate of drug-likeness (QED) is 0.839. The van der Waals surface area contributed by atoms with Crippen LogP contribution in [0.3, 0.4) is 0 Å². The van der Waals surface area contributed by atoms with Crippen LogP contribution in [-0.2, 0) is 10.2 Å². The lowest BCUT2D eigenvalue weighted by Gasteiger charge is -2.18. The SMILES string of the molecule is CN(CCCO)S(=O)(=O)Nc1cccc2cccnc12. The van der Waals surface area contributed by atoms with Crippen molar-refractivity contribution in [3.63, 3.8) is 0 Å². The van der Waals surface area contributed by atoms with E-state index in [0.29, 0.717) is 17.6 Å². The molecular weight excluding hydrogens is 278 g/mol. The zero-order chi connectivity index (χ0) is 14.6. The third-order valence-corrected chi connectivity index (χ3v) is 4.39. The molecule has 108 valence electrons. The van der Waals surface area contributed by atoms with Gasteiger partial charge < -0.3 is 5.11 Å². The molecule has 2 aromatic rings. The van der Waals surface area contributed by atoms with Crippen LogP contribution < -0.4 is 4.72 Å². The summed E-state index contributed by atoms with van der Waals surface area (Å²) in [7, 11) is -2.18. The predicted molar refractivity (Wildman–Crippen MR) is 78.6 cm³/mol. The van der Waals surface area contributed by atoms with Crippen molar-refractivity contribution in [2.45, 2.75) is 6.42 Å². The molecule has 0 atom stereocenters. The molecule has 0 bridgehead atoms. The molecular formula is C13H17N3O3S. The Balaban J connectivity index is 2.27. The number of benzene rings is 1. The summed E-state index contributed by atoms with van der Waals surface area (Å²) < 4.78 is 28.0. The van der Waals surface area contributed by atoms with Crippen molar-refractivity contribution >= 4 is 26.8 Å². The standard InChI is InChI=1S/C13H17N3O3S/c1-16(9-4-10-17)20(18,19)15-12-7-2-5-11-6-3-8-14-13(11)12/h2-3,5-8,15,17H,4,9-10H2,1H3. The molecule has 6 nitrogen and oxygen atoms in total. The van der Waals surface area contributed by atoms with Gasteiger partial charge in [0, 0.05) is 31.8 Å². The molecule has 0 radical (unpaired) electrons. The van der Waals surface area contributed by atoms with Gasteiger partial charge >= 0.3 is 10.2 Å². The van der Waals surface area contributed by atoms with E-state index in [1.807, 2.05) is 12.1 Å². The molecule has 0 spiro atoms. The van der Waals surface area contributed by atoms with Crippen LogP contribution in [0.4, 0.5) is 5.69 Å². The summed E-state index contributed by atoms with van der Waals surface area (Å²) in [5, 5.41) is 9.63. The normalized spacial score (nSPS) is 11.9. The van der Waals surface area contributed by atoms with E-state index in [9.17, 15) is 8.42 Å². The molecule has 0 aliphatic rings. The lowest BCUT2D eigenvalue weighted by Crippen LogP contribution is -2.33. The Morgan fingerprint density at radius 3 is 2.80 bits per heavy atom. The Labute approximate surface area is 118 Å². The highest BCUT2D eigenvalue weighted by Crippen LogP contribution is 2.22. The fraction of sp³-hybridized carbons (Fsp3) is 0.308. The topological polar surface area (TPSA) is 82.5 Å². The summed E-state index contributed by atoms with van der Waals surface area (Å²) in [5.41, 5.74) is 1.05. The van der Waals surface area contributed by atoms with Crippen molar-refractivity contribution in [2.24, 2.45) is 0 Å². The first-order valence-corrected chi connectivity index (χ1v) is 7.67. The molecule has 0 aliphatic heterocycles. The number of aliphatic hydroxyl groups excluding tert-OH is 1. The van der Waals surface area contributed by atoms with Crippen molar-refractivity contribution in [1.82, 2.24) is 9.29 Å². The molecule has 20 heavy (non-hydrogen) atoms. The van der Waals surface area contributed by atoms with Gasteiger partial charge in [-0.15, -0.1) is 0 Å². The van der Waals surface area contributed by atoms with Crippen LogP contribution in [0.2, 0.25) is 0 Å². The third-order valence-electron chi connectivity index (χ3n) is 2.91. The zero-order valence-electron chi connectivity index (χ0n) is 11.2. The highest BCUT2D eigenvalue weighted by Gasteiger charge is 2.18. The van der Waals surface area contributed by atoms with Gasteiger partial charge in [-0.2, -0.15) is 12.7 Å². The Morgan fingerprint density at radius 2 is 2.05 bits per heavy atom. The summed E-state index contributed by atoms with van der Waals surface area (Å²) in [5.74, 6) is 0. The fourth-order valence-corrected chi connectivity index (χ4v) is 2.78. The van der Waals surface area contributed by atoms with Gasteiger partial charge in [-0.1, -0.05) is 18.2 Å². The average molecular weight is 295 g/mol. The van der Waals surface area contributed by atoms with Crippen LogP contribution >= 0.6 is 0 Å². The number of fused-ring (bicyclic) bond motifs is 1. The molecule has 0 saturated carbocycles. The first kappa shape index (κ1) is 14.7. The number of anilines is 1. The van der Waals surface area contributed by atoms with Crippen molar-refractivity contribution in [2.75, 3.05) is 24.9 Å². The molecule has 0 aliphatic carbocycles. The van der Waals surface area contributed by atoms with Gasteiger partial charge in [-0.3, -0.25) is 9.71 Å². The number of pyridine rings is 1. The van der Waals surface area contributed by atoms with Crippen LogP contribution in [0.5, 0.6) is 0 Å². The van der Waals surface area contributed by atoms with E-state index in [2.05, 4.69) is 9.71 Å². The van der Waals surface area contributed by atoms with E-state index < -0.39 is 10.2 Å². The minimum Gasteiger partial charge on any atom is -0.396 e. The van der Waals surface area contributed by atoms with Gasteiger partial charge in [0.15, 0.2) is 0 Å². The van der Waals surface area contributed by atoms with Gasteiger partial charge in [0.2, 0.25) is 0 Å². The number of para-hydroxylation sites is 1. The zero-order valence-corrected chi connectivity index (χ0v) is 12.0. The number of aliphatic hydroxyl groups is 1. The number of rotatable bonds is 6. The summed E-state index contributed by atoms with van der Waals surface area (Å²) in [6.07, 6.45) is 2.01. The van der Waals surface area contributed by atoms with Crippen LogP contribution in [-0.4, -0.2) is 43.0 Å². The molecule has 0 amide bonds. The predicted octanol–water partition coefficient (Wildman–Crippen LogP) is 1.21. The number of hydrogen-bond acceptors (Lipinski definition) is 4. The molecule has 0 saturated heterocycles. The number of nitrogens with zero attached hydrogens (tertiary/aromatic N) is 2. The second-order valence-electron chi connectivity index (χ2n) is 4.39. The highest BCUT2D eigenvalue weighted by molar-refractivity contribution is 7.90. The maximum atomic E-state index is 12.2. The maximum Gasteiger partial charge on any atom is 0.301 e. The first-order valence-electron chi connectivity index (χ1n) is 6.23. The van der Waals surface area contributed by atoms with E-state index in [0.717, 1.165) is 5.39 Å². The van der Waals surface area contributed by atoms with Crippen molar-refractivity contribution < 1.29 is 13.5 Å². The molecule has 1 aromatic heterocycles. The van der Waals surface area contributed by atoms with Gasteiger partial charge in [-0.25, -0.2) is 0 Å².